The van der Waals surface area contributed by atoms with Gasteiger partial charge in [-0.2, -0.15) is 0 Å². The highest BCUT2D eigenvalue weighted by atomic mass is 16.5. The standard InChI is InChI=1S/C28H32N2O3/c1-18(2)23-10-8-11-24(19(3)4)27(23)30-28(32)21-13-15-22(16-14-21)33-17-26(31)29-25-12-7-6-9-20(25)5/h6-16,18-19H,17H2,1-5H3,(H,29,31)(H,30,32). The number of rotatable bonds is 8. The number of benzene rings is 3. The number of aryl methyl sites for hydroxylation is 1. The molecular formula is C28H32N2O3. The predicted octanol–water partition coefficient (Wildman–Crippen LogP) is 6.51. The highest BCUT2D eigenvalue weighted by Crippen LogP contribution is 2.32. The topological polar surface area (TPSA) is 67.4 Å². The molecule has 0 atom stereocenters. The third kappa shape index (κ3) is 6.22. The number of carbonyl (C=O) groups excluding carboxylic acids is 2. The van der Waals surface area contributed by atoms with Crippen LogP contribution in [0, 0.1) is 6.92 Å². The molecule has 0 aromatic heterocycles. The number of para-hydroxylation sites is 2. The van der Waals surface area contributed by atoms with Crippen molar-refractivity contribution in [1.82, 2.24) is 0 Å². The van der Waals surface area contributed by atoms with Crippen LogP contribution < -0.4 is 15.4 Å². The normalized spacial score (nSPS) is 10.9. The maximum atomic E-state index is 13.0. The van der Waals surface area contributed by atoms with Crippen molar-refractivity contribution in [1.29, 1.82) is 0 Å². The van der Waals surface area contributed by atoms with Crippen molar-refractivity contribution in [3.8, 4) is 5.75 Å². The minimum Gasteiger partial charge on any atom is -0.484 e. The van der Waals surface area contributed by atoms with Gasteiger partial charge in [0.15, 0.2) is 6.61 Å². The molecule has 0 aliphatic heterocycles. The zero-order valence-corrected chi connectivity index (χ0v) is 19.9. The van der Waals surface area contributed by atoms with Crippen LogP contribution in [0.4, 0.5) is 11.4 Å². The molecule has 0 saturated carbocycles. The first-order valence-electron chi connectivity index (χ1n) is 11.3. The van der Waals surface area contributed by atoms with E-state index in [4.69, 9.17) is 4.74 Å². The van der Waals surface area contributed by atoms with Crippen molar-refractivity contribution in [3.05, 3.63) is 89.0 Å². The van der Waals surface area contributed by atoms with Crippen LogP contribution in [0.5, 0.6) is 5.75 Å². The van der Waals surface area contributed by atoms with Gasteiger partial charge in [0.2, 0.25) is 0 Å². The van der Waals surface area contributed by atoms with E-state index in [2.05, 4.69) is 50.5 Å². The van der Waals surface area contributed by atoms with Crippen LogP contribution in [0.2, 0.25) is 0 Å². The van der Waals surface area contributed by atoms with E-state index in [0.717, 1.165) is 28.1 Å². The van der Waals surface area contributed by atoms with E-state index in [-0.39, 0.29) is 18.4 Å². The largest absolute Gasteiger partial charge is 0.484 e. The van der Waals surface area contributed by atoms with Crippen LogP contribution >= 0.6 is 0 Å². The summed E-state index contributed by atoms with van der Waals surface area (Å²) in [4.78, 5) is 25.2. The second-order valence-electron chi connectivity index (χ2n) is 8.75. The lowest BCUT2D eigenvalue weighted by atomic mass is 9.92. The van der Waals surface area contributed by atoms with E-state index in [1.807, 2.05) is 37.3 Å². The molecule has 0 bridgehead atoms. The minimum absolute atomic E-state index is 0.112. The second-order valence-corrected chi connectivity index (χ2v) is 8.75. The van der Waals surface area contributed by atoms with Crippen LogP contribution in [-0.4, -0.2) is 18.4 Å². The van der Waals surface area contributed by atoms with E-state index < -0.39 is 0 Å². The summed E-state index contributed by atoms with van der Waals surface area (Å²) >= 11 is 0. The SMILES string of the molecule is Cc1ccccc1NC(=O)COc1ccc(C(=O)Nc2c(C(C)C)cccc2C(C)C)cc1. The van der Waals surface area contributed by atoms with Crippen LogP contribution in [0.15, 0.2) is 66.7 Å². The lowest BCUT2D eigenvalue weighted by molar-refractivity contribution is -0.118. The van der Waals surface area contributed by atoms with E-state index in [1.54, 1.807) is 24.3 Å². The summed E-state index contributed by atoms with van der Waals surface area (Å²) in [7, 11) is 0. The van der Waals surface area contributed by atoms with E-state index in [0.29, 0.717) is 23.1 Å². The van der Waals surface area contributed by atoms with Crippen LogP contribution in [0.1, 0.15) is 66.6 Å². The maximum absolute atomic E-state index is 13.0. The lowest BCUT2D eigenvalue weighted by Gasteiger charge is -2.20. The number of carbonyl (C=O) groups is 2. The summed E-state index contributed by atoms with van der Waals surface area (Å²) < 4.78 is 5.59. The van der Waals surface area contributed by atoms with Gasteiger partial charge in [0.05, 0.1) is 0 Å². The van der Waals surface area contributed by atoms with Gasteiger partial charge in [-0.25, -0.2) is 0 Å². The van der Waals surface area contributed by atoms with Gasteiger partial charge in [-0.05, 0) is 65.8 Å². The van der Waals surface area contributed by atoms with Crippen molar-refractivity contribution in [2.45, 2.75) is 46.5 Å². The molecular weight excluding hydrogens is 412 g/mol. The third-order valence-electron chi connectivity index (χ3n) is 5.52. The highest BCUT2D eigenvalue weighted by Gasteiger charge is 2.17. The van der Waals surface area contributed by atoms with Gasteiger partial charge in [0.1, 0.15) is 5.75 Å². The Morgan fingerprint density at radius 3 is 1.97 bits per heavy atom. The molecule has 2 N–H and O–H groups in total. The van der Waals surface area contributed by atoms with E-state index >= 15 is 0 Å². The quantitative estimate of drug-likeness (QED) is 0.416. The van der Waals surface area contributed by atoms with Crippen LogP contribution in [0.25, 0.3) is 0 Å². The summed E-state index contributed by atoms with van der Waals surface area (Å²) in [5.41, 5.74) is 5.41. The Balaban J connectivity index is 1.64. The molecule has 3 aromatic rings. The van der Waals surface area contributed by atoms with Crippen molar-refractivity contribution < 1.29 is 14.3 Å². The number of hydrogen-bond acceptors (Lipinski definition) is 3. The molecule has 0 heterocycles. The Kier molecular flexibility index (Phi) is 7.88. The molecule has 0 aliphatic carbocycles. The molecule has 5 nitrogen and oxygen atoms in total. The molecule has 33 heavy (non-hydrogen) atoms. The average molecular weight is 445 g/mol. The first kappa shape index (κ1) is 24.1. The summed E-state index contributed by atoms with van der Waals surface area (Å²) in [5, 5.41) is 5.95. The van der Waals surface area contributed by atoms with Gasteiger partial charge in [-0.3, -0.25) is 9.59 Å². The van der Waals surface area contributed by atoms with Gasteiger partial charge in [0, 0.05) is 16.9 Å². The molecule has 172 valence electrons. The number of ether oxygens (including phenoxy) is 1. The smallest absolute Gasteiger partial charge is 0.262 e. The fourth-order valence-corrected chi connectivity index (χ4v) is 3.63. The number of amides is 2. The first-order valence-corrected chi connectivity index (χ1v) is 11.3. The number of nitrogens with one attached hydrogen (secondary N) is 2. The third-order valence-corrected chi connectivity index (χ3v) is 5.52. The zero-order chi connectivity index (χ0) is 24.0. The summed E-state index contributed by atoms with van der Waals surface area (Å²) in [6, 6.07) is 20.6. The van der Waals surface area contributed by atoms with Crippen molar-refractivity contribution in [2.75, 3.05) is 17.2 Å². The Hall–Kier alpha value is -3.60. The average Bonchev–Trinajstić information content (AvgIpc) is 2.79. The Bertz CT molecular complexity index is 1090. The molecule has 2 amide bonds. The molecule has 0 saturated heterocycles. The highest BCUT2D eigenvalue weighted by molar-refractivity contribution is 6.05. The molecule has 0 unspecified atom stereocenters. The molecule has 0 aliphatic rings. The number of hydrogen-bond donors (Lipinski definition) is 2. The Labute approximate surface area is 196 Å². The van der Waals surface area contributed by atoms with Gasteiger partial charge >= 0.3 is 0 Å². The predicted molar refractivity (Wildman–Crippen MR) is 134 cm³/mol. The maximum Gasteiger partial charge on any atom is 0.262 e. The summed E-state index contributed by atoms with van der Waals surface area (Å²) in [6.07, 6.45) is 0. The van der Waals surface area contributed by atoms with Gasteiger partial charge in [0.25, 0.3) is 11.8 Å². The van der Waals surface area contributed by atoms with Crippen LogP contribution in [-0.2, 0) is 4.79 Å². The Morgan fingerprint density at radius 1 is 0.788 bits per heavy atom. The lowest BCUT2D eigenvalue weighted by Crippen LogP contribution is -2.20. The molecule has 3 aromatic carbocycles. The fraction of sp³-hybridized carbons (Fsp3) is 0.286. The first-order chi connectivity index (χ1) is 15.8. The molecule has 3 rings (SSSR count). The number of anilines is 2. The molecule has 0 spiro atoms. The van der Waals surface area contributed by atoms with Gasteiger partial charge < -0.3 is 15.4 Å². The second kappa shape index (κ2) is 10.8. The zero-order valence-electron chi connectivity index (χ0n) is 19.9. The van der Waals surface area contributed by atoms with Crippen molar-refractivity contribution in [3.63, 3.8) is 0 Å². The molecule has 5 heteroatoms. The molecule has 0 fully saturated rings. The minimum atomic E-state index is -0.238. The van der Waals surface area contributed by atoms with E-state index in [9.17, 15) is 9.59 Å². The van der Waals surface area contributed by atoms with Crippen LogP contribution in [0.3, 0.4) is 0 Å². The molecule has 0 radical (unpaired) electrons. The monoisotopic (exact) mass is 444 g/mol. The van der Waals surface area contributed by atoms with E-state index in [1.165, 1.54) is 0 Å². The van der Waals surface area contributed by atoms with Crippen molar-refractivity contribution in [2.24, 2.45) is 0 Å². The summed E-state index contributed by atoms with van der Waals surface area (Å²) in [6.45, 7) is 10.3. The van der Waals surface area contributed by atoms with Gasteiger partial charge in [-0.15, -0.1) is 0 Å². The Morgan fingerprint density at radius 2 is 1.39 bits per heavy atom. The van der Waals surface area contributed by atoms with Gasteiger partial charge in [-0.1, -0.05) is 64.1 Å². The fourth-order valence-electron chi connectivity index (χ4n) is 3.63. The summed E-state index contributed by atoms with van der Waals surface area (Å²) in [5.74, 6) is 0.699. The van der Waals surface area contributed by atoms with Crippen molar-refractivity contribution >= 4 is 23.2 Å².